The largest absolute Gasteiger partial charge is 0.347 e. The molecule has 5 nitrogen and oxygen atoms in total. The van der Waals surface area contributed by atoms with Crippen LogP contribution in [0.25, 0.3) is 10.6 Å². The maximum atomic E-state index is 12.7. The Kier molecular flexibility index (Phi) is 3.87. The van der Waals surface area contributed by atoms with Gasteiger partial charge in [-0.15, -0.1) is 11.3 Å². The molecule has 2 aromatic rings. The number of carbonyl (C=O) groups excluding carboxylic acids is 1. The van der Waals surface area contributed by atoms with Crippen molar-refractivity contribution in [3.63, 3.8) is 0 Å². The zero-order valence-electron chi connectivity index (χ0n) is 13.2. The highest BCUT2D eigenvalue weighted by atomic mass is 32.1. The van der Waals surface area contributed by atoms with Gasteiger partial charge in [-0.3, -0.25) is 9.78 Å². The van der Waals surface area contributed by atoms with Crippen molar-refractivity contribution in [2.45, 2.75) is 25.8 Å². The lowest BCUT2D eigenvalue weighted by Gasteiger charge is -2.44. The highest BCUT2D eigenvalue weighted by Gasteiger charge is 2.35. The van der Waals surface area contributed by atoms with Gasteiger partial charge >= 0.3 is 0 Å². The van der Waals surface area contributed by atoms with Crippen molar-refractivity contribution in [3.8, 4) is 10.6 Å². The molecule has 0 aliphatic carbocycles. The lowest BCUT2D eigenvalue weighted by atomic mass is 9.84. The number of hydrogen-bond acceptors (Lipinski definition) is 5. The maximum absolute atomic E-state index is 12.7. The second kappa shape index (κ2) is 6.02. The van der Waals surface area contributed by atoms with Crippen LogP contribution in [-0.4, -0.2) is 46.5 Å². The molecule has 3 aliphatic rings. The van der Waals surface area contributed by atoms with Crippen molar-refractivity contribution in [2.24, 2.45) is 5.92 Å². The molecule has 3 aliphatic heterocycles. The molecule has 2 bridgehead atoms. The summed E-state index contributed by atoms with van der Waals surface area (Å²) in [6, 6.07) is 4.14. The van der Waals surface area contributed by atoms with E-state index in [0.717, 1.165) is 27.7 Å². The van der Waals surface area contributed by atoms with Gasteiger partial charge in [0, 0.05) is 30.5 Å². The molecule has 6 heteroatoms. The fraction of sp³-hybridized carbons (Fsp3) is 0.471. The van der Waals surface area contributed by atoms with Crippen molar-refractivity contribution >= 4 is 17.2 Å². The van der Waals surface area contributed by atoms with E-state index in [1.165, 1.54) is 37.3 Å². The number of hydrogen-bond donors (Lipinski definition) is 1. The zero-order chi connectivity index (χ0) is 15.8. The number of rotatable bonds is 3. The first-order valence-corrected chi connectivity index (χ1v) is 8.93. The predicted molar refractivity (Wildman–Crippen MR) is 90.5 cm³/mol. The van der Waals surface area contributed by atoms with Crippen LogP contribution in [0.5, 0.6) is 0 Å². The summed E-state index contributed by atoms with van der Waals surface area (Å²) in [5.41, 5.74) is 1.82. The molecule has 0 aromatic carbocycles. The van der Waals surface area contributed by atoms with Gasteiger partial charge in [-0.25, -0.2) is 4.98 Å². The SMILES string of the molecule is Cc1nc(-c2ccncc2)sc1C(=O)NC1CN2CCC1CC2. The number of thiazole rings is 1. The number of pyridine rings is 1. The summed E-state index contributed by atoms with van der Waals surface area (Å²) in [4.78, 5) is 24.5. The van der Waals surface area contributed by atoms with Gasteiger partial charge in [0.05, 0.1) is 5.69 Å². The Morgan fingerprint density at radius 3 is 2.70 bits per heavy atom. The Labute approximate surface area is 139 Å². The fourth-order valence-corrected chi connectivity index (χ4v) is 4.56. The Hall–Kier alpha value is -1.79. The quantitative estimate of drug-likeness (QED) is 0.939. The summed E-state index contributed by atoms with van der Waals surface area (Å²) in [6.07, 6.45) is 5.90. The van der Waals surface area contributed by atoms with Crippen molar-refractivity contribution < 1.29 is 4.79 Å². The summed E-state index contributed by atoms with van der Waals surface area (Å²) >= 11 is 1.46. The summed E-state index contributed by atoms with van der Waals surface area (Å²) in [6.45, 7) is 5.27. The average Bonchev–Trinajstić information content (AvgIpc) is 2.99. The molecule has 0 saturated carbocycles. The molecule has 3 saturated heterocycles. The minimum Gasteiger partial charge on any atom is -0.347 e. The van der Waals surface area contributed by atoms with Crippen molar-refractivity contribution in [2.75, 3.05) is 19.6 Å². The maximum Gasteiger partial charge on any atom is 0.263 e. The smallest absolute Gasteiger partial charge is 0.263 e. The van der Waals surface area contributed by atoms with E-state index < -0.39 is 0 Å². The molecule has 3 fully saturated rings. The van der Waals surface area contributed by atoms with E-state index in [2.05, 4.69) is 20.2 Å². The molecule has 1 unspecified atom stereocenters. The van der Waals surface area contributed by atoms with Gasteiger partial charge in [0.1, 0.15) is 9.88 Å². The highest BCUT2D eigenvalue weighted by Crippen LogP contribution is 2.30. The van der Waals surface area contributed by atoms with Gasteiger partial charge in [0.2, 0.25) is 0 Å². The second-order valence-corrected chi connectivity index (χ2v) is 7.39. The molecule has 1 atom stereocenters. The number of amides is 1. The van der Waals surface area contributed by atoms with E-state index >= 15 is 0 Å². The molecule has 120 valence electrons. The molecule has 2 aromatic heterocycles. The van der Waals surface area contributed by atoms with Crippen LogP contribution in [-0.2, 0) is 0 Å². The summed E-state index contributed by atoms with van der Waals surface area (Å²) < 4.78 is 0. The van der Waals surface area contributed by atoms with Gasteiger partial charge in [-0.1, -0.05) is 0 Å². The summed E-state index contributed by atoms with van der Waals surface area (Å²) in [5, 5.41) is 4.13. The molecular formula is C17H20N4OS. The molecule has 23 heavy (non-hydrogen) atoms. The lowest BCUT2D eigenvalue weighted by molar-refractivity contribution is 0.0622. The number of fused-ring (bicyclic) bond motifs is 3. The Balaban J connectivity index is 1.52. The van der Waals surface area contributed by atoms with E-state index in [-0.39, 0.29) is 11.9 Å². The van der Waals surface area contributed by atoms with E-state index in [4.69, 9.17) is 0 Å². The molecule has 5 heterocycles. The van der Waals surface area contributed by atoms with E-state index in [1.54, 1.807) is 12.4 Å². The van der Waals surface area contributed by atoms with Crippen LogP contribution in [0.4, 0.5) is 0 Å². The number of nitrogens with zero attached hydrogens (tertiary/aromatic N) is 3. The van der Waals surface area contributed by atoms with Gasteiger partial charge in [0.25, 0.3) is 5.91 Å². The molecule has 1 N–H and O–H groups in total. The third-order valence-corrected chi connectivity index (χ3v) is 6.11. The van der Waals surface area contributed by atoms with Gasteiger partial charge < -0.3 is 10.2 Å². The van der Waals surface area contributed by atoms with Crippen LogP contribution in [0.15, 0.2) is 24.5 Å². The van der Waals surface area contributed by atoms with Crippen molar-refractivity contribution in [1.29, 1.82) is 0 Å². The van der Waals surface area contributed by atoms with Crippen molar-refractivity contribution in [3.05, 3.63) is 35.1 Å². The normalized spacial score (nSPS) is 26.2. The van der Waals surface area contributed by atoms with Gasteiger partial charge in [0.15, 0.2) is 0 Å². The number of nitrogens with one attached hydrogen (secondary N) is 1. The number of piperidine rings is 3. The molecule has 1 amide bonds. The van der Waals surface area contributed by atoms with Crippen LogP contribution < -0.4 is 5.32 Å². The minimum atomic E-state index is 0.0269. The van der Waals surface area contributed by atoms with Gasteiger partial charge in [-0.05, 0) is 50.9 Å². The molecular weight excluding hydrogens is 308 g/mol. The number of aromatic nitrogens is 2. The Morgan fingerprint density at radius 2 is 2.04 bits per heavy atom. The van der Waals surface area contributed by atoms with E-state index in [0.29, 0.717) is 5.92 Å². The summed E-state index contributed by atoms with van der Waals surface area (Å²) in [7, 11) is 0. The van der Waals surface area contributed by atoms with Crippen LogP contribution in [0.3, 0.4) is 0 Å². The monoisotopic (exact) mass is 328 g/mol. The second-order valence-electron chi connectivity index (χ2n) is 6.39. The van der Waals surface area contributed by atoms with E-state index in [9.17, 15) is 4.79 Å². The van der Waals surface area contributed by atoms with E-state index in [1.807, 2.05) is 19.1 Å². The Morgan fingerprint density at radius 1 is 1.30 bits per heavy atom. The first-order valence-electron chi connectivity index (χ1n) is 8.12. The standard InChI is InChI=1S/C17H20N4OS/c1-11-15(23-17(19-11)13-2-6-18-7-3-13)16(22)20-14-10-21-8-4-12(14)5-9-21/h2-3,6-7,12,14H,4-5,8-10H2,1H3,(H,20,22). The third-order valence-electron chi connectivity index (χ3n) is 4.90. The minimum absolute atomic E-state index is 0.0269. The third kappa shape index (κ3) is 2.88. The Bertz CT molecular complexity index is 707. The lowest BCUT2D eigenvalue weighted by Crippen LogP contribution is -2.57. The van der Waals surface area contributed by atoms with Crippen LogP contribution in [0.1, 0.15) is 28.2 Å². The summed E-state index contributed by atoms with van der Waals surface area (Å²) in [5.74, 6) is 0.663. The first-order chi connectivity index (χ1) is 11.2. The topological polar surface area (TPSA) is 58.1 Å². The number of aryl methyl sites for hydroxylation is 1. The zero-order valence-corrected chi connectivity index (χ0v) is 14.0. The highest BCUT2D eigenvalue weighted by molar-refractivity contribution is 7.17. The van der Waals surface area contributed by atoms with Crippen molar-refractivity contribution in [1.82, 2.24) is 20.2 Å². The molecule has 0 radical (unpaired) electrons. The van der Waals surface area contributed by atoms with Crippen LogP contribution >= 0.6 is 11.3 Å². The predicted octanol–water partition coefficient (Wildman–Crippen LogP) is 2.34. The van der Waals surface area contributed by atoms with Crippen LogP contribution in [0, 0.1) is 12.8 Å². The van der Waals surface area contributed by atoms with Gasteiger partial charge in [-0.2, -0.15) is 0 Å². The fourth-order valence-electron chi connectivity index (χ4n) is 3.59. The van der Waals surface area contributed by atoms with Crippen LogP contribution in [0.2, 0.25) is 0 Å². The number of carbonyl (C=O) groups is 1. The average molecular weight is 328 g/mol. The molecule has 5 rings (SSSR count). The first kappa shape index (κ1) is 14.8. The molecule has 0 spiro atoms.